The van der Waals surface area contributed by atoms with Crippen molar-refractivity contribution < 1.29 is 0 Å². The van der Waals surface area contributed by atoms with Gasteiger partial charge in [0.05, 0.1) is 0 Å². The van der Waals surface area contributed by atoms with Crippen LogP contribution in [0.1, 0.15) is 25.3 Å². The average Bonchev–Trinajstić information content (AvgIpc) is 2.86. The molecule has 0 amide bonds. The highest BCUT2D eigenvalue weighted by Crippen LogP contribution is 2.32. The molecule has 0 saturated carbocycles. The van der Waals surface area contributed by atoms with E-state index in [1.807, 2.05) is 18.2 Å². The second-order valence-electron chi connectivity index (χ2n) is 5.33. The summed E-state index contributed by atoms with van der Waals surface area (Å²) in [6.07, 6.45) is 2.05. The fourth-order valence-corrected chi connectivity index (χ4v) is 3.80. The molecular formula is C15H19BrClN3S. The monoisotopic (exact) mass is 387 g/mol. The van der Waals surface area contributed by atoms with E-state index in [4.69, 9.17) is 11.6 Å². The third kappa shape index (κ3) is 5.33. The van der Waals surface area contributed by atoms with Gasteiger partial charge in [0.25, 0.3) is 0 Å². The Bertz CT molecular complexity index is 586. The van der Waals surface area contributed by atoms with Crippen LogP contribution in [0.3, 0.4) is 0 Å². The summed E-state index contributed by atoms with van der Waals surface area (Å²) in [5.41, 5.74) is 1.04. The van der Waals surface area contributed by atoms with Gasteiger partial charge < -0.3 is 5.32 Å². The second kappa shape index (κ2) is 8.22. The zero-order valence-corrected chi connectivity index (χ0v) is 15.4. The smallest absolute Gasteiger partial charge is 0.148 e. The van der Waals surface area contributed by atoms with Crippen LogP contribution in [0.2, 0.25) is 5.02 Å². The van der Waals surface area contributed by atoms with Crippen molar-refractivity contribution in [3.8, 4) is 10.6 Å². The van der Waals surface area contributed by atoms with Gasteiger partial charge in [-0.05, 0) is 43.6 Å². The molecule has 1 aromatic heterocycles. The lowest BCUT2D eigenvalue weighted by Crippen LogP contribution is -2.21. The summed E-state index contributed by atoms with van der Waals surface area (Å²) in [6.45, 7) is 6.53. The van der Waals surface area contributed by atoms with Gasteiger partial charge in [0.2, 0.25) is 0 Å². The molecule has 114 valence electrons. The molecule has 0 radical (unpaired) electrons. The predicted octanol–water partition coefficient (Wildman–Crippen LogP) is 4.80. The van der Waals surface area contributed by atoms with Crippen LogP contribution < -0.4 is 5.32 Å². The Labute approximate surface area is 143 Å². The van der Waals surface area contributed by atoms with Crippen molar-refractivity contribution in [1.82, 2.24) is 15.5 Å². The first-order valence-electron chi connectivity index (χ1n) is 7.05. The van der Waals surface area contributed by atoms with Crippen molar-refractivity contribution in [2.75, 3.05) is 13.1 Å². The number of hydrogen-bond acceptors (Lipinski definition) is 4. The fraction of sp³-hybridized carbons (Fsp3) is 0.467. The summed E-state index contributed by atoms with van der Waals surface area (Å²) in [5, 5.41) is 14.7. The van der Waals surface area contributed by atoms with Crippen molar-refractivity contribution in [3.63, 3.8) is 0 Å². The van der Waals surface area contributed by atoms with Gasteiger partial charge in [-0.3, -0.25) is 0 Å². The third-order valence-electron chi connectivity index (χ3n) is 2.93. The van der Waals surface area contributed by atoms with Gasteiger partial charge in [-0.1, -0.05) is 52.7 Å². The number of nitrogens with one attached hydrogen (secondary N) is 1. The maximum Gasteiger partial charge on any atom is 0.148 e. The normalized spacial score (nSPS) is 11.3. The number of hydrogen-bond donors (Lipinski definition) is 1. The molecule has 6 heteroatoms. The van der Waals surface area contributed by atoms with Crippen molar-refractivity contribution in [3.05, 3.63) is 32.7 Å². The van der Waals surface area contributed by atoms with E-state index in [0.717, 1.165) is 46.0 Å². The van der Waals surface area contributed by atoms with Crippen LogP contribution in [0.4, 0.5) is 0 Å². The molecule has 0 bridgehead atoms. The van der Waals surface area contributed by atoms with Gasteiger partial charge in [-0.2, -0.15) is 0 Å². The number of benzene rings is 1. The minimum absolute atomic E-state index is 0.695. The van der Waals surface area contributed by atoms with Crippen molar-refractivity contribution in [2.24, 2.45) is 5.92 Å². The lowest BCUT2D eigenvalue weighted by molar-refractivity contribution is 0.542. The van der Waals surface area contributed by atoms with Gasteiger partial charge in [-0.25, -0.2) is 0 Å². The Balaban J connectivity index is 1.89. The van der Waals surface area contributed by atoms with Gasteiger partial charge in [0, 0.05) is 21.5 Å². The van der Waals surface area contributed by atoms with E-state index in [1.165, 1.54) is 0 Å². The van der Waals surface area contributed by atoms with Crippen LogP contribution >= 0.6 is 38.9 Å². The van der Waals surface area contributed by atoms with Crippen molar-refractivity contribution in [1.29, 1.82) is 0 Å². The zero-order valence-electron chi connectivity index (χ0n) is 12.2. The van der Waals surface area contributed by atoms with Crippen LogP contribution in [0.15, 0.2) is 22.7 Å². The van der Waals surface area contributed by atoms with Crippen molar-refractivity contribution >= 4 is 38.9 Å². The predicted molar refractivity (Wildman–Crippen MR) is 94.1 cm³/mol. The summed E-state index contributed by atoms with van der Waals surface area (Å²) in [5.74, 6) is 0.695. The standard InChI is InChI=1S/C15H19BrClN3S/c1-10(2)9-18-7-3-4-14-19-20-15(21-14)12-6-5-11(17)8-13(12)16/h5-6,8,10,18H,3-4,7,9H2,1-2H3. The topological polar surface area (TPSA) is 37.8 Å². The van der Waals surface area contributed by atoms with Gasteiger partial charge in [0.1, 0.15) is 10.0 Å². The SMILES string of the molecule is CC(C)CNCCCc1nnc(-c2ccc(Cl)cc2Br)s1. The quantitative estimate of drug-likeness (QED) is 0.692. The molecule has 0 aliphatic rings. The highest BCUT2D eigenvalue weighted by atomic mass is 79.9. The first-order valence-corrected chi connectivity index (χ1v) is 9.03. The zero-order chi connectivity index (χ0) is 15.2. The Morgan fingerprint density at radius 3 is 2.86 bits per heavy atom. The first kappa shape index (κ1) is 16.9. The van der Waals surface area contributed by atoms with E-state index in [9.17, 15) is 0 Å². The van der Waals surface area contributed by atoms with Gasteiger partial charge >= 0.3 is 0 Å². The van der Waals surface area contributed by atoms with Crippen LogP contribution in [0.5, 0.6) is 0 Å². The molecule has 0 fully saturated rings. The number of nitrogens with zero attached hydrogens (tertiary/aromatic N) is 2. The maximum absolute atomic E-state index is 5.96. The second-order valence-corrected chi connectivity index (χ2v) is 7.68. The van der Waals surface area contributed by atoms with E-state index in [0.29, 0.717) is 10.9 Å². The van der Waals surface area contributed by atoms with Crippen LogP contribution in [0, 0.1) is 5.92 Å². The lowest BCUT2D eigenvalue weighted by Gasteiger charge is -2.05. The molecule has 0 atom stereocenters. The Morgan fingerprint density at radius 2 is 2.14 bits per heavy atom. The summed E-state index contributed by atoms with van der Waals surface area (Å²) in [7, 11) is 0. The number of rotatable bonds is 7. The fourth-order valence-electron chi connectivity index (χ4n) is 1.88. The molecule has 2 rings (SSSR count). The largest absolute Gasteiger partial charge is 0.316 e. The highest BCUT2D eigenvalue weighted by molar-refractivity contribution is 9.10. The molecule has 1 aromatic carbocycles. The van der Waals surface area contributed by atoms with E-state index < -0.39 is 0 Å². The lowest BCUT2D eigenvalue weighted by atomic mass is 10.2. The summed E-state index contributed by atoms with van der Waals surface area (Å²) in [6, 6.07) is 5.73. The summed E-state index contributed by atoms with van der Waals surface area (Å²) < 4.78 is 0.955. The Kier molecular flexibility index (Phi) is 6.61. The molecule has 0 spiro atoms. The maximum atomic E-state index is 5.96. The van der Waals surface area contributed by atoms with Crippen LogP contribution in [-0.2, 0) is 6.42 Å². The van der Waals surface area contributed by atoms with E-state index in [2.05, 4.69) is 45.3 Å². The Morgan fingerprint density at radius 1 is 1.33 bits per heavy atom. The van der Waals surface area contributed by atoms with Crippen LogP contribution in [-0.4, -0.2) is 23.3 Å². The molecule has 0 unspecified atom stereocenters. The van der Waals surface area contributed by atoms with Crippen molar-refractivity contribution in [2.45, 2.75) is 26.7 Å². The summed E-state index contributed by atoms with van der Waals surface area (Å²) in [4.78, 5) is 0. The number of aryl methyl sites for hydroxylation is 1. The Hall–Kier alpha value is -0.490. The number of halogens is 2. The molecule has 1 heterocycles. The highest BCUT2D eigenvalue weighted by Gasteiger charge is 2.10. The average molecular weight is 389 g/mol. The van der Waals surface area contributed by atoms with Gasteiger partial charge in [-0.15, -0.1) is 10.2 Å². The first-order chi connectivity index (χ1) is 10.1. The summed E-state index contributed by atoms with van der Waals surface area (Å²) >= 11 is 11.1. The molecule has 2 aromatic rings. The molecule has 21 heavy (non-hydrogen) atoms. The van der Waals surface area contributed by atoms with Crippen LogP contribution in [0.25, 0.3) is 10.6 Å². The molecule has 0 aliphatic carbocycles. The molecule has 0 saturated heterocycles. The van der Waals surface area contributed by atoms with Gasteiger partial charge in [0.15, 0.2) is 0 Å². The molecule has 3 nitrogen and oxygen atoms in total. The molecular weight excluding hydrogens is 370 g/mol. The van der Waals surface area contributed by atoms with E-state index in [1.54, 1.807) is 11.3 Å². The minimum atomic E-state index is 0.695. The van der Waals surface area contributed by atoms with E-state index in [-0.39, 0.29) is 0 Å². The minimum Gasteiger partial charge on any atom is -0.316 e. The molecule has 0 aliphatic heterocycles. The van der Waals surface area contributed by atoms with E-state index >= 15 is 0 Å². The molecule has 1 N–H and O–H groups in total. The third-order valence-corrected chi connectivity index (χ3v) is 4.83. The number of aromatic nitrogens is 2.